The van der Waals surface area contributed by atoms with E-state index in [9.17, 15) is 0 Å². The van der Waals surface area contributed by atoms with Crippen LogP contribution in [-0.2, 0) is 0 Å². The summed E-state index contributed by atoms with van der Waals surface area (Å²) in [5.41, 5.74) is 0.893. The molecule has 0 unspecified atom stereocenters. The van der Waals surface area contributed by atoms with E-state index in [0.29, 0.717) is 17.7 Å². The summed E-state index contributed by atoms with van der Waals surface area (Å²) in [6.45, 7) is 2.66. The molecule has 4 nitrogen and oxygen atoms in total. The van der Waals surface area contributed by atoms with Gasteiger partial charge in [-0.05, 0) is 26.2 Å². The Morgan fingerprint density at radius 2 is 2.25 bits per heavy atom. The maximum Gasteiger partial charge on any atom is 0.137 e. The number of aliphatic hydroxyl groups excluding tert-OH is 1. The smallest absolute Gasteiger partial charge is 0.137 e. The number of hydrogen-bond donors (Lipinski definition) is 1. The SMILES string of the molecule is Cc1c(Cl)ncnc1N(CCO)C1CCC1. The molecule has 1 heterocycles. The van der Waals surface area contributed by atoms with Crippen LogP contribution in [-0.4, -0.2) is 34.3 Å². The lowest BCUT2D eigenvalue weighted by Crippen LogP contribution is -2.42. The van der Waals surface area contributed by atoms with Crippen molar-refractivity contribution in [2.75, 3.05) is 18.1 Å². The molecule has 5 heteroatoms. The van der Waals surface area contributed by atoms with Crippen LogP contribution in [0, 0.1) is 6.92 Å². The number of nitrogens with zero attached hydrogens (tertiary/aromatic N) is 3. The van der Waals surface area contributed by atoms with Crippen molar-refractivity contribution in [1.29, 1.82) is 0 Å². The molecule has 0 saturated heterocycles. The number of halogens is 1. The van der Waals surface area contributed by atoms with Gasteiger partial charge in [0, 0.05) is 18.2 Å². The Morgan fingerprint density at radius 3 is 2.81 bits per heavy atom. The van der Waals surface area contributed by atoms with E-state index < -0.39 is 0 Å². The van der Waals surface area contributed by atoms with Crippen LogP contribution >= 0.6 is 11.6 Å². The predicted molar refractivity (Wildman–Crippen MR) is 63.8 cm³/mol. The van der Waals surface area contributed by atoms with Crippen LogP contribution in [0.15, 0.2) is 6.33 Å². The molecule has 0 aliphatic heterocycles. The highest BCUT2D eigenvalue weighted by molar-refractivity contribution is 6.30. The summed E-state index contributed by atoms with van der Waals surface area (Å²) in [5, 5.41) is 9.60. The number of aromatic nitrogens is 2. The molecule has 1 aromatic rings. The molecular formula is C11H16ClN3O. The van der Waals surface area contributed by atoms with Gasteiger partial charge in [0.1, 0.15) is 17.3 Å². The molecule has 88 valence electrons. The van der Waals surface area contributed by atoms with E-state index in [4.69, 9.17) is 16.7 Å². The van der Waals surface area contributed by atoms with Crippen molar-refractivity contribution in [3.63, 3.8) is 0 Å². The largest absolute Gasteiger partial charge is 0.395 e. The second-order valence-corrected chi connectivity index (χ2v) is 4.47. The topological polar surface area (TPSA) is 49.2 Å². The zero-order chi connectivity index (χ0) is 11.5. The fourth-order valence-electron chi connectivity index (χ4n) is 1.98. The molecule has 1 N–H and O–H groups in total. The van der Waals surface area contributed by atoms with Crippen molar-refractivity contribution in [3.05, 3.63) is 17.0 Å². The van der Waals surface area contributed by atoms with E-state index >= 15 is 0 Å². The third kappa shape index (κ3) is 2.13. The van der Waals surface area contributed by atoms with Gasteiger partial charge in [0.15, 0.2) is 0 Å². The highest BCUT2D eigenvalue weighted by Gasteiger charge is 2.27. The van der Waals surface area contributed by atoms with Crippen molar-refractivity contribution < 1.29 is 5.11 Å². The van der Waals surface area contributed by atoms with E-state index in [2.05, 4.69) is 14.9 Å². The van der Waals surface area contributed by atoms with Gasteiger partial charge in [-0.1, -0.05) is 11.6 Å². The van der Waals surface area contributed by atoms with Gasteiger partial charge in [0.25, 0.3) is 0 Å². The van der Waals surface area contributed by atoms with Crippen LogP contribution in [0.1, 0.15) is 24.8 Å². The molecule has 2 rings (SSSR count). The van der Waals surface area contributed by atoms with Gasteiger partial charge in [-0.15, -0.1) is 0 Å². The van der Waals surface area contributed by atoms with E-state index in [-0.39, 0.29) is 6.61 Å². The monoisotopic (exact) mass is 241 g/mol. The van der Waals surface area contributed by atoms with Crippen LogP contribution in [0.4, 0.5) is 5.82 Å². The molecule has 1 fully saturated rings. The minimum atomic E-state index is 0.136. The Balaban J connectivity index is 2.26. The molecule has 1 aliphatic rings. The Morgan fingerprint density at radius 1 is 1.50 bits per heavy atom. The first kappa shape index (κ1) is 11.6. The van der Waals surface area contributed by atoms with Crippen LogP contribution in [0.25, 0.3) is 0 Å². The third-order valence-electron chi connectivity index (χ3n) is 3.12. The highest BCUT2D eigenvalue weighted by atomic mass is 35.5. The quantitative estimate of drug-likeness (QED) is 0.817. The molecule has 0 bridgehead atoms. The fraction of sp³-hybridized carbons (Fsp3) is 0.636. The van der Waals surface area contributed by atoms with Crippen molar-refractivity contribution in [2.24, 2.45) is 0 Å². The average Bonchev–Trinajstić information content (AvgIpc) is 2.19. The standard InChI is InChI=1S/C11H16ClN3O/c1-8-10(12)13-7-14-11(8)15(5-6-16)9-3-2-4-9/h7,9,16H,2-6H2,1H3. The van der Waals surface area contributed by atoms with E-state index in [1.807, 2.05) is 6.92 Å². The van der Waals surface area contributed by atoms with Gasteiger partial charge in [0.05, 0.1) is 6.61 Å². The lowest BCUT2D eigenvalue weighted by atomic mass is 9.91. The van der Waals surface area contributed by atoms with Crippen molar-refractivity contribution in [1.82, 2.24) is 9.97 Å². The van der Waals surface area contributed by atoms with E-state index in [1.54, 1.807) is 0 Å². The van der Waals surface area contributed by atoms with Gasteiger partial charge in [0.2, 0.25) is 0 Å². The minimum Gasteiger partial charge on any atom is -0.395 e. The molecule has 16 heavy (non-hydrogen) atoms. The maximum absolute atomic E-state index is 9.11. The zero-order valence-electron chi connectivity index (χ0n) is 9.36. The Hall–Kier alpha value is -0.870. The predicted octanol–water partition coefficient (Wildman–Crippen LogP) is 1.79. The number of hydrogen-bond acceptors (Lipinski definition) is 4. The van der Waals surface area contributed by atoms with Crippen LogP contribution in [0.5, 0.6) is 0 Å². The first-order valence-electron chi connectivity index (χ1n) is 5.58. The van der Waals surface area contributed by atoms with Gasteiger partial charge in [-0.25, -0.2) is 9.97 Å². The van der Waals surface area contributed by atoms with Crippen molar-refractivity contribution in [3.8, 4) is 0 Å². The summed E-state index contributed by atoms with van der Waals surface area (Å²) in [4.78, 5) is 10.4. The highest BCUT2D eigenvalue weighted by Crippen LogP contribution is 2.31. The van der Waals surface area contributed by atoms with Crippen LogP contribution in [0.3, 0.4) is 0 Å². The lowest BCUT2D eigenvalue weighted by molar-refractivity contribution is 0.282. The summed E-state index contributed by atoms with van der Waals surface area (Å²) >= 11 is 5.98. The summed E-state index contributed by atoms with van der Waals surface area (Å²) < 4.78 is 0. The van der Waals surface area contributed by atoms with Gasteiger partial charge < -0.3 is 10.0 Å². The Bertz CT molecular complexity index is 368. The molecule has 0 amide bonds. The molecule has 0 spiro atoms. The second kappa shape index (κ2) is 4.97. The molecule has 0 aromatic carbocycles. The van der Waals surface area contributed by atoms with Crippen molar-refractivity contribution >= 4 is 17.4 Å². The number of rotatable bonds is 4. The molecular weight excluding hydrogens is 226 g/mol. The summed E-state index contributed by atoms with van der Waals surface area (Å²) in [6.07, 6.45) is 5.07. The van der Waals surface area contributed by atoms with Gasteiger partial charge in [-0.3, -0.25) is 0 Å². The van der Waals surface area contributed by atoms with Crippen LogP contribution in [0.2, 0.25) is 5.15 Å². The van der Waals surface area contributed by atoms with Gasteiger partial charge in [-0.2, -0.15) is 0 Å². The first-order valence-corrected chi connectivity index (χ1v) is 5.96. The zero-order valence-corrected chi connectivity index (χ0v) is 10.1. The maximum atomic E-state index is 9.11. The Labute approximate surface area is 100 Å². The lowest BCUT2D eigenvalue weighted by Gasteiger charge is -2.38. The average molecular weight is 242 g/mol. The molecule has 1 aromatic heterocycles. The molecule has 1 saturated carbocycles. The third-order valence-corrected chi connectivity index (χ3v) is 3.51. The normalized spacial score (nSPS) is 15.9. The number of aliphatic hydroxyl groups is 1. The van der Waals surface area contributed by atoms with E-state index in [0.717, 1.165) is 11.4 Å². The summed E-state index contributed by atoms with van der Waals surface area (Å²) in [7, 11) is 0. The van der Waals surface area contributed by atoms with Gasteiger partial charge >= 0.3 is 0 Å². The van der Waals surface area contributed by atoms with Crippen molar-refractivity contribution in [2.45, 2.75) is 32.2 Å². The minimum absolute atomic E-state index is 0.136. The molecule has 0 atom stereocenters. The first-order chi connectivity index (χ1) is 7.74. The van der Waals surface area contributed by atoms with Crippen LogP contribution < -0.4 is 4.90 Å². The summed E-state index contributed by atoms with van der Waals surface area (Å²) in [5.74, 6) is 0.860. The second-order valence-electron chi connectivity index (χ2n) is 4.11. The molecule has 0 radical (unpaired) electrons. The van der Waals surface area contributed by atoms with E-state index in [1.165, 1.54) is 25.6 Å². The number of anilines is 1. The molecule has 1 aliphatic carbocycles. The fourth-order valence-corrected chi connectivity index (χ4v) is 2.11. The summed E-state index contributed by atoms with van der Waals surface area (Å²) in [6, 6.07) is 0.497. The Kier molecular flexibility index (Phi) is 3.61.